The lowest BCUT2D eigenvalue weighted by Gasteiger charge is -2.36. The number of aromatic nitrogens is 1. The lowest BCUT2D eigenvalue weighted by Crippen LogP contribution is -2.41. The third kappa shape index (κ3) is 2.64. The number of halogens is 2. The minimum Gasteiger partial charge on any atom is -0.343 e. The number of likely N-dealkylation sites (tertiary alicyclic amines) is 1. The van der Waals surface area contributed by atoms with Gasteiger partial charge in [-0.2, -0.15) is 4.39 Å². The van der Waals surface area contributed by atoms with Crippen molar-refractivity contribution in [2.24, 2.45) is 5.92 Å². The number of amides is 1. The summed E-state index contributed by atoms with van der Waals surface area (Å²) in [7, 11) is 0. The zero-order valence-electron chi connectivity index (χ0n) is 10.5. The second-order valence-electron chi connectivity index (χ2n) is 4.87. The van der Waals surface area contributed by atoms with Gasteiger partial charge in [-0.05, 0) is 24.3 Å². The van der Waals surface area contributed by atoms with Crippen molar-refractivity contribution in [1.82, 2.24) is 9.88 Å². The van der Waals surface area contributed by atoms with Gasteiger partial charge in [-0.15, -0.1) is 0 Å². The molecule has 0 spiro atoms. The minimum atomic E-state index is -0.451. The van der Waals surface area contributed by atoms with E-state index in [9.17, 15) is 9.18 Å². The Hall–Kier alpha value is -1.16. The molecule has 1 aromatic rings. The Morgan fingerprint density at radius 1 is 1.61 bits per heavy atom. The molecule has 0 N–H and O–H groups in total. The summed E-state index contributed by atoms with van der Waals surface area (Å²) in [4.78, 5) is 16.8. The van der Waals surface area contributed by atoms with E-state index in [1.807, 2.05) is 6.92 Å². The highest BCUT2D eigenvalue weighted by atomic mass is 35.5. The van der Waals surface area contributed by atoms with Gasteiger partial charge < -0.3 is 4.90 Å². The van der Waals surface area contributed by atoms with Crippen molar-refractivity contribution in [3.8, 4) is 0 Å². The summed E-state index contributed by atoms with van der Waals surface area (Å²) in [6, 6.07) is 1.65. The first-order valence-corrected chi connectivity index (χ1v) is 6.43. The summed E-state index contributed by atoms with van der Waals surface area (Å²) < 4.78 is 13.7. The molecule has 1 aromatic heterocycles. The van der Waals surface area contributed by atoms with Gasteiger partial charge in [0.05, 0.1) is 5.02 Å². The zero-order chi connectivity index (χ0) is 13.3. The van der Waals surface area contributed by atoms with Crippen LogP contribution in [0.25, 0.3) is 0 Å². The van der Waals surface area contributed by atoms with Crippen molar-refractivity contribution in [3.05, 3.63) is 28.8 Å². The summed E-state index contributed by atoms with van der Waals surface area (Å²) in [6.45, 7) is 4.91. The maximum absolute atomic E-state index is 13.7. The van der Waals surface area contributed by atoms with Crippen LogP contribution in [0.2, 0.25) is 5.02 Å². The first-order chi connectivity index (χ1) is 8.49. The number of pyridine rings is 1. The minimum absolute atomic E-state index is 0.0741. The third-order valence-electron chi connectivity index (χ3n) is 3.58. The van der Waals surface area contributed by atoms with Gasteiger partial charge in [0.1, 0.15) is 0 Å². The molecule has 98 valence electrons. The van der Waals surface area contributed by atoms with Crippen LogP contribution >= 0.6 is 11.6 Å². The highest BCUT2D eigenvalue weighted by molar-refractivity contribution is 6.30. The van der Waals surface area contributed by atoms with Crippen LogP contribution in [-0.4, -0.2) is 28.9 Å². The van der Waals surface area contributed by atoms with E-state index < -0.39 is 5.95 Å². The molecule has 5 heteroatoms. The van der Waals surface area contributed by atoms with Crippen LogP contribution in [0.3, 0.4) is 0 Å². The van der Waals surface area contributed by atoms with Crippen molar-refractivity contribution in [1.29, 1.82) is 0 Å². The molecule has 2 rings (SSSR count). The molecule has 2 heterocycles. The van der Waals surface area contributed by atoms with E-state index in [4.69, 9.17) is 11.6 Å². The number of piperidine rings is 1. The molecule has 2 atom stereocenters. The molecule has 0 aromatic carbocycles. The van der Waals surface area contributed by atoms with Crippen LogP contribution in [0.1, 0.15) is 31.7 Å². The Bertz CT molecular complexity index is 466. The summed E-state index contributed by atoms with van der Waals surface area (Å²) in [5.41, 5.74) is 0.568. The normalized spacial score (nSPS) is 24.1. The Morgan fingerprint density at radius 2 is 2.33 bits per heavy atom. The van der Waals surface area contributed by atoms with Crippen molar-refractivity contribution in [2.75, 3.05) is 13.1 Å². The summed E-state index contributed by atoms with van der Waals surface area (Å²) in [5, 5.41) is 0.451. The van der Waals surface area contributed by atoms with Gasteiger partial charge in [-0.3, -0.25) is 4.79 Å². The molecular formula is C13H16ClFN2O. The molecular weight excluding hydrogens is 255 g/mol. The van der Waals surface area contributed by atoms with Gasteiger partial charge in [0.25, 0.3) is 0 Å². The molecule has 1 aliphatic rings. The highest BCUT2D eigenvalue weighted by Gasteiger charge is 2.30. The monoisotopic (exact) mass is 270 g/mol. The van der Waals surface area contributed by atoms with E-state index in [1.54, 1.807) is 17.9 Å². The predicted molar refractivity (Wildman–Crippen MR) is 68.0 cm³/mol. The second-order valence-corrected chi connectivity index (χ2v) is 5.31. The van der Waals surface area contributed by atoms with Crippen molar-refractivity contribution >= 4 is 17.5 Å². The van der Waals surface area contributed by atoms with Gasteiger partial charge in [0, 0.05) is 31.8 Å². The maximum atomic E-state index is 13.7. The third-order valence-corrected chi connectivity index (χ3v) is 3.79. The summed E-state index contributed by atoms with van der Waals surface area (Å²) in [6.07, 6.45) is 2.06. The molecule has 0 saturated carbocycles. The average molecular weight is 271 g/mol. The lowest BCUT2D eigenvalue weighted by molar-refractivity contribution is -0.130. The van der Waals surface area contributed by atoms with Crippen LogP contribution < -0.4 is 0 Å². The maximum Gasteiger partial charge on any atom is 0.219 e. The van der Waals surface area contributed by atoms with E-state index in [1.165, 1.54) is 6.20 Å². The molecule has 1 fully saturated rings. The highest BCUT2D eigenvalue weighted by Crippen LogP contribution is 2.34. The number of carbonyl (C=O) groups is 1. The molecule has 0 radical (unpaired) electrons. The van der Waals surface area contributed by atoms with Crippen molar-refractivity contribution < 1.29 is 9.18 Å². The number of rotatable bonds is 1. The average Bonchev–Trinajstić information content (AvgIpc) is 2.32. The van der Waals surface area contributed by atoms with Crippen molar-refractivity contribution in [3.63, 3.8) is 0 Å². The van der Waals surface area contributed by atoms with Gasteiger partial charge in [0.2, 0.25) is 11.9 Å². The van der Waals surface area contributed by atoms with E-state index in [0.717, 1.165) is 6.42 Å². The van der Waals surface area contributed by atoms with Crippen LogP contribution in [0.15, 0.2) is 12.3 Å². The van der Waals surface area contributed by atoms with Crippen molar-refractivity contribution in [2.45, 2.75) is 26.2 Å². The smallest absolute Gasteiger partial charge is 0.219 e. The number of hydrogen-bond acceptors (Lipinski definition) is 2. The second kappa shape index (κ2) is 5.22. The first kappa shape index (κ1) is 13.3. The summed E-state index contributed by atoms with van der Waals surface area (Å²) >= 11 is 5.87. The molecule has 1 saturated heterocycles. The Kier molecular flexibility index (Phi) is 3.85. The van der Waals surface area contributed by atoms with E-state index in [-0.39, 0.29) is 17.7 Å². The van der Waals surface area contributed by atoms with Gasteiger partial charge >= 0.3 is 0 Å². The van der Waals surface area contributed by atoms with E-state index in [0.29, 0.717) is 23.7 Å². The molecule has 3 nitrogen and oxygen atoms in total. The predicted octanol–water partition coefficient (Wildman–Crippen LogP) is 2.85. The largest absolute Gasteiger partial charge is 0.343 e. The number of hydrogen-bond donors (Lipinski definition) is 0. The molecule has 18 heavy (non-hydrogen) atoms. The molecule has 1 unspecified atom stereocenters. The molecule has 1 amide bonds. The Labute approximate surface area is 111 Å². The Balaban J connectivity index is 2.20. The number of carbonyl (C=O) groups excluding carboxylic acids is 1. The molecule has 0 aliphatic carbocycles. The standard InChI is InChI=1S/C13H16ClFN2O/c1-8-7-17(9(2)18)4-3-11(8)12-5-10(14)6-16-13(12)15/h5-6,8,11H,3-4,7H2,1-2H3/t8-,11?/m0/s1. The van der Waals surface area contributed by atoms with E-state index in [2.05, 4.69) is 4.98 Å². The van der Waals surface area contributed by atoms with Gasteiger partial charge in [-0.1, -0.05) is 18.5 Å². The van der Waals surface area contributed by atoms with Gasteiger partial charge in [-0.25, -0.2) is 4.98 Å². The molecule has 0 bridgehead atoms. The Morgan fingerprint density at radius 3 is 2.94 bits per heavy atom. The quantitative estimate of drug-likeness (QED) is 0.735. The van der Waals surface area contributed by atoms with Gasteiger partial charge in [0.15, 0.2) is 0 Å². The number of nitrogens with zero attached hydrogens (tertiary/aromatic N) is 2. The van der Waals surface area contributed by atoms with Crippen LogP contribution in [0, 0.1) is 11.9 Å². The van der Waals surface area contributed by atoms with E-state index >= 15 is 0 Å². The fraction of sp³-hybridized carbons (Fsp3) is 0.538. The SMILES string of the molecule is CC(=O)N1CCC(c2cc(Cl)cnc2F)[C@@H](C)C1. The molecule has 1 aliphatic heterocycles. The zero-order valence-corrected chi connectivity index (χ0v) is 11.2. The fourth-order valence-corrected chi connectivity index (χ4v) is 2.76. The first-order valence-electron chi connectivity index (χ1n) is 6.05. The lowest BCUT2D eigenvalue weighted by atomic mass is 9.82. The van der Waals surface area contributed by atoms with Crippen LogP contribution in [0.4, 0.5) is 4.39 Å². The fourth-order valence-electron chi connectivity index (χ4n) is 2.59. The summed E-state index contributed by atoms with van der Waals surface area (Å²) in [5.74, 6) is -0.0956. The van der Waals surface area contributed by atoms with Crippen LogP contribution in [-0.2, 0) is 4.79 Å². The van der Waals surface area contributed by atoms with Crippen LogP contribution in [0.5, 0.6) is 0 Å². The topological polar surface area (TPSA) is 33.2 Å².